The van der Waals surface area contributed by atoms with Gasteiger partial charge in [-0.2, -0.15) is 4.98 Å². The molecule has 0 saturated heterocycles. The standard InChI is InChI=1S/C11H7FN4/c12-8-3-1-2-6-4-7-5-14-11(13)16-10(7)15-9(6)8/h1-5H,(H2,13,14,15,16). The number of benzene rings is 1. The molecule has 0 atom stereocenters. The van der Waals surface area contributed by atoms with E-state index in [0.717, 1.165) is 10.8 Å². The van der Waals surface area contributed by atoms with Gasteiger partial charge in [-0.15, -0.1) is 0 Å². The Balaban J connectivity index is 2.49. The van der Waals surface area contributed by atoms with E-state index in [1.807, 2.05) is 0 Å². The first-order valence-corrected chi connectivity index (χ1v) is 4.71. The number of nitrogens with two attached hydrogens (primary N) is 1. The van der Waals surface area contributed by atoms with E-state index in [-0.39, 0.29) is 11.8 Å². The number of aromatic nitrogens is 3. The van der Waals surface area contributed by atoms with E-state index in [1.165, 1.54) is 6.07 Å². The number of para-hydroxylation sites is 1. The molecule has 1 aromatic carbocycles. The van der Waals surface area contributed by atoms with Crippen molar-refractivity contribution in [2.75, 3.05) is 5.73 Å². The molecule has 2 aromatic heterocycles. The van der Waals surface area contributed by atoms with Crippen LogP contribution in [0.1, 0.15) is 0 Å². The summed E-state index contributed by atoms with van der Waals surface area (Å²) in [6, 6.07) is 6.59. The van der Waals surface area contributed by atoms with Crippen molar-refractivity contribution in [2.24, 2.45) is 0 Å². The summed E-state index contributed by atoms with van der Waals surface area (Å²) in [5.74, 6) is -0.229. The van der Waals surface area contributed by atoms with Gasteiger partial charge in [0, 0.05) is 17.0 Å². The fourth-order valence-electron chi connectivity index (χ4n) is 1.63. The van der Waals surface area contributed by atoms with E-state index < -0.39 is 0 Å². The van der Waals surface area contributed by atoms with Crippen LogP contribution in [0.25, 0.3) is 21.9 Å². The van der Waals surface area contributed by atoms with Crippen molar-refractivity contribution in [2.45, 2.75) is 0 Å². The minimum absolute atomic E-state index is 0.135. The van der Waals surface area contributed by atoms with Crippen LogP contribution >= 0.6 is 0 Å². The lowest BCUT2D eigenvalue weighted by molar-refractivity contribution is 0.637. The highest BCUT2D eigenvalue weighted by atomic mass is 19.1. The molecule has 3 aromatic rings. The molecule has 2 heterocycles. The normalized spacial score (nSPS) is 11.1. The van der Waals surface area contributed by atoms with Crippen LogP contribution in [0, 0.1) is 5.82 Å². The van der Waals surface area contributed by atoms with Gasteiger partial charge in [0.2, 0.25) is 5.95 Å². The summed E-state index contributed by atoms with van der Waals surface area (Å²) >= 11 is 0. The Morgan fingerprint density at radius 2 is 2.00 bits per heavy atom. The Labute approximate surface area is 90.0 Å². The van der Waals surface area contributed by atoms with E-state index in [4.69, 9.17) is 5.73 Å². The van der Waals surface area contributed by atoms with Crippen LogP contribution in [0.15, 0.2) is 30.5 Å². The third kappa shape index (κ3) is 1.25. The second kappa shape index (κ2) is 3.10. The third-order valence-electron chi connectivity index (χ3n) is 2.36. The number of nitrogen functional groups attached to an aromatic ring is 1. The summed E-state index contributed by atoms with van der Waals surface area (Å²) < 4.78 is 13.5. The van der Waals surface area contributed by atoms with E-state index in [0.29, 0.717) is 11.2 Å². The number of anilines is 1. The number of fused-ring (bicyclic) bond motifs is 2. The van der Waals surface area contributed by atoms with E-state index in [2.05, 4.69) is 15.0 Å². The number of nitrogens with zero attached hydrogens (tertiary/aromatic N) is 3. The maximum Gasteiger partial charge on any atom is 0.222 e. The highest BCUT2D eigenvalue weighted by Gasteiger charge is 2.05. The molecule has 0 aliphatic carbocycles. The van der Waals surface area contributed by atoms with Gasteiger partial charge in [0.1, 0.15) is 11.3 Å². The Morgan fingerprint density at radius 1 is 1.12 bits per heavy atom. The molecule has 0 amide bonds. The monoisotopic (exact) mass is 214 g/mol. The maximum absolute atomic E-state index is 13.5. The Hall–Kier alpha value is -2.30. The van der Waals surface area contributed by atoms with Crippen molar-refractivity contribution in [1.82, 2.24) is 15.0 Å². The fourth-order valence-corrected chi connectivity index (χ4v) is 1.63. The second-order valence-corrected chi connectivity index (χ2v) is 3.44. The van der Waals surface area contributed by atoms with Crippen molar-refractivity contribution in [3.05, 3.63) is 36.3 Å². The number of hydrogen-bond acceptors (Lipinski definition) is 4. The molecule has 0 radical (unpaired) electrons. The molecule has 3 rings (SSSR count). The largest absolute Gasteiger partial charge is 0.368 e. The first kappa shape index (κ1) is 8.96. The molecule has 78 valence electrons. The summed E-state index contributed by atoms with van der Waals surface area (Å²) in [6.07, 6.45) is 1.58. The van der Waals surface area contributed by atoms with Crippen LogP contribution in [0.3, 0.4) is 0 Å². The average Bonchev–Trinajstić information content (AvgIpc) is 2.28. The summed E-state index contributed by atoms with van der Waals surface area (Å²) in [7, 11) is 0. The Morgan fingerprint density at radius 3 is 2.88 bits per heavy atom. The van der Waals surface area contributed by atoms with Crippen LogP contribution in [0.2, 0.25) is 0 Å². The highest BCUT2D eigenvalue weighted by Crippen LogP contribution is 2.20. The van der Waals surface area contributed by atoms with Gasteiger partial charge in [-0.05, 0) is 12.1 Å². The molecule has 0 bridgehead atoms. The molecule has 0 aliphatic heterocycles. The quantitative estimate of drug-likeness (QED) is 0.580. The molecule has 0 spiro atoms. The van der Waals surface area contributed by atoms with Crippen LogP contribution in [0.5, 0.6) is 0 Å². The molecule has 5 heteroatoms. The first-order valence-electron chi connectivity index (χ1n) is 4.71. The maximum atomic E-state index is 13.5. The number of hydrogen-bond donors (Lipinski definition) is 1. The molecule has 0 saturated carbocycles. The molecule has 0 aliphatic rings. The zero-order chi connectivity index (χ0) is 11.1. The van der Waals surface area contributed by atoms with Crippen molar-refractivity contribution >= 4 is 27.9 Å². The highest BCUT2D eigenvalue weighted by molar-refractivity contribution is 5.91. The summed E-state index contributed by atoms with van der Waals surface area (Å²) in [6.45, 7) is 0. The van der Waals surface area contributed by atoms with E-state index in [1.54, 1.807) is 24.4 Å². The summed E-state index contributed by atoms with van der Waals surface area (Å²) in [5, 5.41) is 1.47. The van der Waals surface area contributed by atoms with Crippen molar-refractivity contribution in [3.63, 3.8) is 0 Å². The van der Waals surface area contributed by atoms with Gasteiger partial charge in [-0.1, -0.05) is 12.1 Å². The predicted octanol–water partition coefficient (Wildman–Crippen LogP) is 1.90. The lowest BCUT2D eigenvalue weighted by Crippen LogP contribution is -1.96. The van der Waals surface area contributed by atoms with Crippen LogP contribution < -0.4 is 5.73 Å². The predicted molar refractivity (Wildman–Crippen MR) is 59.2 cm³/mol. The van der Waals surface area contributed by atoms with Crippen molar-refractivity contribution in [3.8, 4) is 0 Å². The lowest BCUT2D eigenvalue weighted by Gasteiger charge is -2.01. The second-order valence-electron chi connectivity index (χ2n) is 3.44. The molecule has 16 heavy (non-hydrogen) atoms. The Bertz CT molecular complexity index is 696. The van der Waals surface area contributed by atoms with Crippen LogP contribution in [-0.4, -0.2) is 15.0 Å². The smallest absolute Gasteiger partial charge is 0.222 e. The summed E-state index contributed by atoms with van der Waals surface area (Å²) in [4.78, 5) is 12.0. The molecule has 0 unspecified atom stereocenters. The number of pyridine rings is 1. The molecule has 4 nitrogen and oxygen atoms in total. The summed E-state index contributed by atoms with van der Waals surface area (Å²) in [5.41, 5.74) is 6.16. The van der Waals surface area contributed by atoms with Crippen LogP contribution in [0.4, 0.5) is 10.3 Å². The van der Waals surface area contributed by atoms with Gasteiger partial charge in [0.05, 0.1) is 0 Å². The van der Waals surface area contributed by atoms with Gasteiger partial charge in [-0.3, -0.25) is 0 Å². The first-order chi connectivity index (χ1) is 7.74. The van der Waals surface area contributed by atoms with Crippen molar-refractivity contribution < 1.29 is 4.39 Å². The van der Waals surface area contributed by atoms with E-state index >= 15 is 0 Å². The average molecular weight is 214 g/mol. The molecular weight excluding hydrogens is 207 g/mol. The molecule has 0 fully saturated rings. The van der Waals surface area contributed by atoms with Gasteiger partial charge in [0.15, 0.2) is 5.65 Å². The Kier molecular flexibility index (Phi) is 1.73. The van der Waals surface area contributed by atoms with Gasteiger partial charge in [0.25, 0.3) is 0 Å². The zero-order valence-corrected chi connectivity index (χ0v) is 8.18. The van der Waals surface area contributed by atoms with Gasteiger partial charge in [-0.25, -0.2) is 14.4 Å². The van der Waals surface area contributed by atoms with Gasteiger partial charge < -0.3 is 5.73 Å². The molecule has 2 N–H and O–H groups in total. The SMILES string of the molecule is Nc1ncc2cc3cccc(F)c3nc2n1. The topological polar surface area (TPSA) is 64.7 Å². The van der Waals surface area contributed by atoms with Crippen molar-refractivity contribution in [1.29, 1.82) is 0 Å². The fraction of sp³-hybridized carbons (Fsp3) is 0. The minimum atomic E-state index is -0.364. The molecular formula is C11H7FN4. The minimum Gasteiger partial charge on any atom is -0.368 e. The zero-order valence-electron chi connectivity index (χ0n) is 8.18. The van der Waals surface area contributed by atoms with Crippen LogP contribution in [-0.2, 0) is 0 Å². The number of halogens is 1. The number of rotatable bonds is 0. The van der Waals surface area contributed by atoms with Gasteiger partial charge >= 0.3 is 0 Å². The van der Waals surface area contributed by atoms with E-state index in [9.17, 15) is 4.39 Å². The lowest BCUT2D eigenvalue weighted by atomic mass is 10.2. The third-order valence-corrected chi connectivity index (χ3v) is 2.36.